The highest BCUT2D eigenvalue weighted by Crippen LogP contribution is 2.33. The zero-order valence-electron chi connectivity index (χ0n) is 12.9. The fraction of sp³-hybridized carbons (Fsp3) is 0.100. The maximum atomic E-state index is 12.8. The number of thiophene rings is 1. The number of anilines is 1. The summed E-state index contributed by atoms with van der Waals surface area (Å²) in [6, 6.07) is 17.3. The van der Waals surface area contributed by atoms with Crippen LogP contribution in [-0.4, -0.2) is 12.5 Å². The molecule has 0 saturated carbocycles. The van der Waals surface area contributed by atoms with Crippen molar-refractivity contribution in [3.05, 3.63) is 76.0 Å². The molecule has 0 unspecified atom stereocenters. The Kier molecular flexibility index (Phi) is 3.64. The summed E-state index contributed by atoms with van der Waals surface area (Å²) >= 11 is 1.69. The number of rotatable bonds is 2. The molecule has 0 N–H and O–H groups in total. The minimum atomic E-state index is -0.0125. The second-order valence-electron chi connectivity index (χ2n) is 5.75. The van der Waals surface area contributed by atoms with Gasteiger partial charge in [0.1, 0.15) is 0 Å². The van der Waals surface area contributed by atoms with E-state index in [4.69, 9.17) is 5.26 Å². The van der Waals surface area contributed by atoms with E-state index in [1.54, 1.807) is 35.6 Å². The van der Waals surface area contributed by atoms with Crippen molar-refractivity contribution in [2.75, 3.05) is 11.4 Å². The van der Waals surface area contributed by atoms with Crippen molar-refractivity contribution in [2.24, 2.45) is 0 Å². The Morgan fingerprint density at radius 3 is 2.62 bits per heavy atom. The van der Waals surface area contributed by atoms with Gasteiger partial charge in [0.2, 0.25) is 0 Å². The molecular formula is C20H14N2OS. The second-order valence-corrected chi connectivity index (χ2v) is 6.53. The first-order chi connectivity index (χ1) is 11.8. The number of carbonyl (C=O) groups excluding carboxylic acids is 1. The molecule has 24 heavy (non-hydrogen) atoms. The average Bonchev–Trinajstić information content (AvgIpc) is 3.30. The lowest BCUT2D eigenvalue weighted by Gasteiger charge is -2.17. The van der Waals surface area contributed by atoms with E-state index in [1.807, 2.05) is 11.0 Å². The van der Waals surface area contributed by atoms with E-state index in [1.165, 1.54) is 16.7 Å². The predicted molar refractivity (Wildman–Crippen MR) is 96.3 cm³/mol. The maximum Gasteiger partial charge on any atom is 0.258 e. The third kappa shape index (κ3) is 2.49. The van der Waals surface area contributed by atoms with Crippen LogP contribution >= 0.6 is 11.3 Å². The van der Waals surface area contributed by atoms with Crippen LogP contribution in [-0.2, 0) is 6.42 Å². The van der Waals surface area contributed by atoms with Crippen molar-refractivity contribution in [3.63, 3.8) is 0 Å². The van der Waals surface area contributed by atoms with E-state index in [2.05, 4.69) is 35.0 Å². The molecule has 4 heteroatoms. The molecule has 1 aliphatic heterocycles. The highest BCUT2D eigenvalue weighted by molar-refractivity contribution is 7.08. The molecule has 1 aromatic heterocycles. The van der Waals surface area contributed by atoms with Crippen molar-refractivity contribution in [1.82, 2.24) is 0 Å². The van der Waals surface area contributed by atoms with Crippen LogP contribution in [0, 0.1) is 11.3 Å². The summed E-state index contributed by atoms with van der Waals surface area (Å²) < 4.78 is 0. The van der Waals surface area contributed by atoms with Gasteiger partial charge in [0.05, 0.1) is 11.6 Å². The van der Waals surface area contributed by atoms with Crippen LogP contribution in [0.2, 0.25) is 0 Å². The Morgan fingerprint density at radius 1 is 1.08 bits per heavy atom. The quantitative estimate of drug-likeness (QED) is 0.695. The summed E-state index contributed by atoms with van der Waals surface area (Å²) in [5, 5.41) is 13.1. The van der Waals surface area contributed by atoms with E-state index in [-0.39, 0.29) is 5.91 Å². The highest BCUT2D eigenvalue weighted by atomic mass is 32.1. The number of carbonyl (C=O) groups is 1. The maximum absolute atomic E-state index is 12.8. The Balaban J connectivity index is 1.63. The normalized spacial score (nSPS) is 12.7. The number of benzene rings is 2. The third-order valence-corrected chi connectivity index (χ3v) is 5.02. The lowest BCUT2D eigenvalue weighted by atomic mass is 10.0. The van der Waals surface area contributed by atoms with Crippen molar-refractivity contribution in [1.29, 1.82) is 5.26 Å². The molecule has 3 aromatic rings. The smallest absolute Gasteiger partial charge is 0.258 e. The number of nitrogens with zero attached hydrogens (tertiary/aromatic N) is 2. The fourth-order valence-electron chi connectivity index (χ4n) is 3.06. The lowest BCUT2D eigenvalue weighted by molar-refractivity contribution is 0.0989. The van der Waals surface area contributed by atoms with Gasteiger partial charge in [-0.1, -0.05) is 6.07 Å². The molecule has 0 atom stereocenters. The standard InChI is InChI=1S/C20H14N2OS/c21-12-14-1-3-15(4-2-14)20(23)22-9-7-17-11-16(5-6-19(17)22)18-8-10-24-13-18/h1-6,8,10-11,13H,7,9H2. The molecule has 3 nitrogen and oxygen atoms in total. The van der Waals surface area contributed by atoms with Crippen molar-refractivity contribution in [3.8, 4) is 17.2 Å². The molecule has 0 radical (unpaired) electrons. The molecule has 0 bridgehead atoms. The molecule has 1 aliphatic rings. The zero-order valence-corrected chi connectivity index (χ0v) is 13.7. The van der Waals surface area contributed by atoms with Gasteiger partial charge < -0.3 is 4.90 Å². The van der Waals surface area contributed by atoms with Gasteiger partial charge in [0, 0.05) is 17.8 Å². The molecule has 2 heterocycles. The number of nitriles is 1. The van der Waals surface area contributed by atoms with Crippen LogP contribution in [0.5, 0.6) is 0 Å². The van der Waals surface area contributed by atoms with E-state index < -0.39 is 0 Å². The van der Waals surface area contributed by atoms with Crippen LogP contribution in [0.1, 0.15) is 21.5 Å². The Hall–Kier alpha value is -2.90. The molecule has 0 saturated heterocycles. The number of hydrogen-bond acceptors (Lipinski definition) is 3. The first-order valence-corrected chi connectivity index (χ1v) is 8.68. The molecule has 116 valence electrons. The topological polar surface area (TPSA) is 44.1 Å². The van der Waals surface area contributed by atoms with Crippen molar-refractivity contribution in [2.45, 2.75) is 6.42 Å². The fourth-order valence-corrected chi connectivity index (χ4v) is 3.73. The van der Waals surface area contributed by atoms with Gasteiger partial charge in [-0.05, 0) is 76.3 Å². The first kappa shape index (κ1) is 14.7. The van der Waals surface area contributed by atoms with E-state index in [9.17, 15) is 4.79 Å². The number of fused-ring (bicyclic) bond motifs is 1. The summed E-state index contributed by atoms with van der Waals surface area (Å²) in [6.45, 7) is 0.696. The summed E-state index contributed by atoms with van der Waals surface area (Å²) in [6.07, 6.45) is 0.870. The van der Waals surface area contributed by atoms with Crippen LogP contribution in [0.4, 0.5) is 5.69 Å². The molecule has 0 spiro atoms. The lowest BCUT2D eigenvalue weighted by Crippen LogP contribution is -2.28. The van der Waals surface area contributed by atoms with Crippen LogP contribution < -0.4 is 4.90 Å². The zero-order chi connectivity index (χ0) is 16.5. The second kappa shape index (κ2) is 5.95. The van der Waals surface area contributed by atoms with Crippen molar-refractivity contribution >= 4 is 22.9 Å². The van der Waals surface area contributed by atoms with Gasteiger partial charge in [-0.15, -0.1) is 0 Å². The summed E-state index contributed by atoms with van der Waals surface area (Å²) in [5.74, 6) is -0.0125. The van der Waals surface area contributed by atoms with E-state index in [0.717, 1.165) is 12.1 Å². The summed E-state index contributed by atoms with van der Waals surface area (Å²) in [5.41, 5.74) is 5.80. The number of amides is 1. The Bertz CT molecular complexity index is 937. The first-order valence-electron chi connectivity index (χ1n) is 7.74. The van der Waals surface area contributed by atoms with E-state index in [0.29, 0.717) is 17.7 Å². The summed E-state index contributed by atoms with van der Waals surface area (Å²) in [4.78, 5) is 14.6. The molecule has 0 aliphatic carbocycles. The average molecular weight is 330 g/mol. The van der Waals surface area contributed by atoms with E-state index >= 15 is 0 Å². The monoisotopic (exact) mass is 330 g/mol. The minimum Gasteiger partial charge on any atom is -0.308 e. The van der Waals surface area contributed by atoms with Crippen LogP contribution in [0.25, 0.3) is 11.1 Å². The molecule has 0 fully saturated rings. The van der Waals surface area contributed by atoms with Gasteiger partial charge >= 0.3 is 0 Å². The van der Waals surface area contributed by atoms with Crippen LogP contribution in [0.3, 0.4) is 0 Å². The highest BCUT2D eigenvalue weighted by Gasteiger charge is 2.25. The predicted octanol–water partition coefficient (Wildman–Crippen LogP) is 4.49. The van der Waals surface area contributed by atoms with Gasteiger partial charge in [0.15, 0.2) is 0 Å². The molecule has 1 amide bonds. The SMILES string of the molecule is N#Cc1ccc(C(=O)N2CCc3cc(-c4ccsc4)ccc32)cc1. The van der Waals surface area contributed by atoms with Crippen molar-refractivity contribution < 1.29 is 4.79 Å². The van der Waals surface area contributed by atoms with Gasteiger partial charge in [-0.2, -0.15) is 16.6 Å². The van der Waals surface area contributed by atoms with Gasteiger partial charge in [-0.3, -0.25) is 4.79 Å². The number of hydrogen-bond donors (Lipinski definition) is 0. The van der Waals surface area contributed by atoms with Gasteiger partial charge in [0.25, 0.3) is 5.91 Å². The molecular weight excluding hydrogens is 316 g/mol. The van der Waals surface area contributed by atoms with Crippen LogP contribution in [0.15, 0.2) is 59.3 Å². The minimum absolute atomic E-state index is 0.0125. The molecule has 4 rings (SSSR count). The Labute approximate surface area is 144 Å². The third-order valence-electron chi connectivity index (χ3n) is 4.34. The van der Waals surface area contributed by atoms with Gasteiger partial charge in [-0.25, -0.2) is 0 Å². The Morgan fingerprint density at radius 2 is 1.92 bits per heavy atom. The largest absolute Gasteiger partial charge is 0.308 e. The molecule has 2 aromatic carbocycles. The summed E-state index contributed by atoms with van der Waals surface area (Å²) in [7, 11) is 0.